The van der Waals surface area contributed by atoms with Gasteiger partial charge >= 0.3 is 0 Å². The average molecular weight is 289 g/mol. The van der Waals surface area contributed by atoms with E-state index in [1.54, 1.807) is 18.3 Å². The summed E-state index contributed by atoms with van der Waals surface area (Å²) in [6.07, 6.45) is 3.03. The molecule has 0 fully saturated rings. The molecule has 0 saturated heterocycles. The lowest BCUT2D eigenvalue weighted by Crippen LogP contribution is -2.20. The van der Waals surface area contributed by atoms with Gasteiger partial charge in [0.25, 0.3) is 0 Å². The number of nitrogens with two attached hydrogens (primary N) is 2. The zero-order chi connectivity index (χ0) is 14.7. The molecule has 1 aromatic carbocycles. The van der Waals surface area contributed by atoms with Gasteiger partial charge in [0, 0.05) is 28.3 Å². The minimum atomic E-state index is -0.561. The van der Waals surface area contributed by atoms with Crippen LogP contribution in [-0.2, 0) is 6.42 Å². The van der Waals surface area contributed by atoms with Gasteiger partial charge in [-0.05, 0) is 24.1 Å². The number of benzene rings is 1. The molecule has 1 aromatic heterocycles. The molecule has 0 saturated carbocycles. The van der Waals surface area contributed by atoms with E-state index in [2.05, 4.69) is 4.98 Å². The van der Waals surface area contributed by atoms with Crippen molar-refractivity contribution in [3.63, 3.8) is 0 Å². The van der Waals surface area contributed by atoms with Crippen molar-refractivity contribution in [2.75, 3.05) is 0 Å². The summed E-state index contributed by atoms with van der Waals surface area (Å²) < 4.78 is 0. The van der Waals surface area contributed by atoms with Gasteiger partial charge in [-0.2, -0.15) is 0 Å². The Morgan fingerprint density at radius 3 is 2.20 bits per heavy atom. The number of carbonyl (C=O) groups excluding carboxylic acids is 2. The van der Waals surface area contributed by atoms with Crippen LogP contribution in [0.5, 0.6) is 0 Å². The highest BCUT2D eigenvalue weighted by Crippen LogP contribution is 2.28. The maximum Gasteiger partial charge on any atom is 0.249 e. The van der Waals surface area contributed by atoms with Gasteiger partial charge in [0.1, 0.15) is 5.01 Å². The van der Waals surface area contributed by atoms with E-state index < -0.39 is 11.8 Å². The first-order valence-corrected chi connectivity index (χ1v) is 7.09. The second kappa shape index (κ2) is 5.83. The molecule has 104 valence electrons. The van der Waals surface area contributed by atoms with Gasteiger partial charge in [-0.3, -0.25) is 9.59 Å². The van der Waals surface area contributed by atoms with E-state index in [0.29, 0.717) is 28.7 Å². The predicted molar refractivity (Wildman–Crippen MR) is 78.6 cm³/mol. The molecule has 0 aliphatic rings. The third-order valence-electron chi connectivity index (χ3n) is 2.96. The first-order chi connectivity index (χ1) is 9.54. The third kappa shape index (κ3) is 2.70. The summed E-state index contributed by atoms with van der Waals surface area (Å²) in [7, 11) is 0. The molecule has 20 heavy (non-hydrogen) atoms. The molecule has 0 radical (unpaired) electrons. The average Bonchev–Trinajstić information content (AvgIpc) is 2.92. The van der Waals surface area contributed by atoms with Gasteiger partial charge in [0.15, 0.2) is 0 Å². The number of carbonyl (C=O) groups is 2. The predicted octanol–water partition coefficient (Wildman–Crippen LogP) is 1.96. The van der Waals surface area contributed by atoms with E-state index in [-0.39, 0.29) is 0 Å². The van der Waals surface area contributed by atoms with Gasteiger partial charge in [-0.15, -0.1) is 11.3 Å². The Balaban J connectivity index is 2.69. The molecular formula is C14H15N3O2S. The zero-order valence-electron chi connectivity index (χ0n) is 11.1. The van der Waals surface area contributed by atoms with Gasteiger partial charge < -0.3 is 11.5 Å². The third-order valence-corrected chi connectivity index (χ3v) is 3.78. The van der Waals surface area contributed by atoms with Crippen LogP contribution in [0.2, 0.25) is 0 Å². The molecule has 0 aliphatic heterocycles. The number of primary amides is 2. The molecule has 0 spiro atoms. The molecule has 1 heterocycles. The molecule has 0 unspecified atom stereocenters. The van der Waals surface area contributed by atoms with Crippen LogP contribution in [0.1, 0.15) is 39.6 Å². The molecule has 2 rings (SSSR count). The van der Waals surface area contributed by atoms with Gasteiger partial charge in [-0.1, -0.05) is 13.3 Å². The molecule has 2 amide bonds. The number of nitrogens with zero attached hydrogens (tertiary/aromatic N) is 1. The highest BCUT2D eigenvalue weighted by Gasteiger charge is 2.18. The Morgan fingerprint density at radius 1 is 1.20 bits per heavy atom. The fourth-order valence-corrected chi connectivity index (χ4v) is 2.75. The van der Waals surface area contributed by atoms with Crippen LogP contribution < -0.4 is 11.5 Å². The summed E-state index contributed by atoms with van der Waals surface area (Å²) in [6.45, 7) is 1.96. The van der Waals surface area contributed by atoms with Crippen molar-refractivity contribution in [1.29, 1.82) is 0 Å². The summed E-state index contributed by atoms with van der Waals surface area (Å²) in [5.41, 5.74) is 12.8. The normalized spacial score (nSPS) is 10.4. The second-order valence-electron chi connectivity index (χ2n) is 4.37. The van der Waals surface area contributed by atoms with Crippen molar-refractivity contribution >= 4 is 23.2 Å². The monoisotopic (exact) mass is 289 g/mol. The lowest BCUT2D eigenvalue weighted by atomic mass is 9.93. The minimum Gasteiger partial charge on any atom is -0.366 e. The molecular weight excluding hydrogens is 274 g/mol. The van der Waals surface area contributed by atoms with Crippen molar-refractivity contribution in [3.8, 4) is 10.6 Å². The topological polar surface area (TPSA) is 99.1 Å². The maximum absolute atomic E-state index is 11.6. The molecule has 6 heteroatoms. The van der Waals surface area contributed by atoms with Crippen LogP contribution in [0.25, 0.3) is 10.6 Å². The van der Waals surface area contributed by atoms with Crippen molar-refractivity contribution < 1.29 is 9.59 Å². The van der Waals surface area contributed by atoms with Crippen molar-refractivity contribution in [2.45, 2.75) is 19.8 Å². The van der Waals surface area contributed by atoms with Crippen LogP contribution in [0.15, 0.2) is 23.7 Å². The number of hydrogen-bond acceptors (Lipinski definition) is 4. The van der Waals surface area contributed by atoms with E-state index in [4.69, 9.17) is 11.5 Å². The molecule has 2 aromatic rings. The van der Waals surface area contributed by atoms with E-state index in [1.165, 1.54) is 11.3 Å². The molecule has 4 N–H and O–H groups in total. The standard InChI is InChI=1S/C14H15N3O2S/c1-2-3-9-10(12(15)18)6-8(7-11(9)13(16)19)14-17-4-5-20-14/h4-7H,2-3H2,1H3,(H2,15,18)(H2,16,19). The van der Waals surface area contributed by atoms with Gasteiger partial charge in [0.05, 0.1) is 0 Å². The molecule has 0 aliphatic carbocycles. The largest absolute Gasteiger partial charge is 0.366 e. The Kier molecular flexibility index (Phi) is 4.14. The highest BCUT2D eigenvalue weighted by atomic mass is 32.1. The molecule has 0 bridgehead atoms. The van der Waals surface area contributed by atoms with Crippen LogP contribution in [0, 0.1) is 0 Å². The second-order valence-corrected chi connectivity index (χ2v) is 5.26. The van der Waals surface area contributed by atoms with E-state index in [9.17, 15) is 9.59 Å². The summed E-state index contributed by atoms with van der Waals surface area (Å²) in [4.78, 5) is 27.5. The summed E-state index contributed by atoms with van der Waals surface area (Å²) in [5, 5.41) is 2.54. The van der Waals surface area contributed by atoms with Gasteiger partial charge in [-0.25, -0.2) is 4.98 Å². The summed E-state index contributed by atoms with van der Waals surface area (Å²) >= 11 is 1.42. The van der Waals surface area contributed by atoms with Gasteiger partial charge in [0.2, 0.25) is 11.8 Å². The Morgan fingerprint density at radius 2 is 1.80 bits per heavy atom. The summed E-state index contributed by atoms with van der Waals surface area (Å²) in [6, 6.07) is 3.36. The smallest absolute Gasteiger partial charge is 0.249 e. The number of thiazole rings is 1. The molecule has 0 atom stereocenters. The highest BCUT2D eigenvalue weighted by molar-refractivity contribution is 7.13. The van der Waals surface area contributed by atoms with Crippen LogP contribution in [-0.4, -0.2) is 16.8 Å². The van der Waals surface area contributed by atoms with Crippen LogP contribution >= 0.6 is 11.3 Å². The van der Waals surface area contributed by atoms with E-state index in [0.717, 1.165) is 11.4 Å². The first-order valence-electron chi connectivity index (χ1n) is 6.21. The zero-order valence-corrected chi connectivity index (χ0v) is 11.9. The Labute approximate surface area is 120 Å². The van der Waals surface area contributed by atoms with Crippen molar-refractivity contribution in [3.05, 3.63) is 40.4 Å². The van der Waals surface area contributed by atoms with Crippen LogP contribution in [0.4, 0.5) is 0 Å². The molecule has 5 nitrogen and oxygen atoms in total. The fraction of sp³-hybridized carbons (Fsp3) is 0.214. The SMILES string of the molecule is CCCc1c(C(N)=O)cc(-c2nccs2)cc1C(N)=O. The Bertz CT molecular complexity index is 615. The number of amides is 2. The minimum absolute atomic E-state index is 0.341. The summed E-state index contributed by atoms with van der Waals surface area (Å²) in [5.74, 6) is -1.12. The van der Waals surface area contributed by atoms with Crippen molar-refractivity contribution in [2.24, 2.45) is 11.5 Å². The lowest BCUT2D eigenvalue weighted by Gasteiger charge is -2.12. The lowest BCUT2D eigenvalue weighted by molar-refractivity contribution is 0.0999. The Hall–Kier alpha value is -2.21. The number of aromatic nitrogens is 1. The van der Waals surface area contributed by atoms with Crippen LogP contribution in [0.3, 0.4) is 0 Å². The first kappa shape index (κ1) is 14.2. The van der Waals surface area contributed by atoms with Crippen molar-refractivity contribution in [1.82, 2.24) is 4.98 Å². The fourth-order valence-electron chi connectivity index (χ4n) is 2.12. The number of rotatable bonds is 5. The quantitative estimate of drug-likeness (QED) is 0.880. The maximum atomic E-state index is 11.6. The van der Waals surface area contributed by atoms with E-state index in [1.807, 2.05) is 12.3 Å². The van der Waals surface area contributed by atoms with E-state index >= 15 is 0 Å². The number of hydrogen-bond donors (Lipinski definition) is 2.